The summed E-state index contributed by atoms with van der Waals surface area (Å²) in [4.78, 5) is 39.6. The average molecular weight is 376 g/mol. The van der Waals surface area contributed by atoms with Gasteiger partial charge in [0.2, 0.25) is 0 Å². The van der Waals surface area contributed by atoms with Gasteiger partial charge in [-0.15, -0.1) is 0 Å². The molecule has 0 atom stereocenters. The second-order valence-corrected chi connectivity index (χ2v) is 7.66. The minimum Gasteiger partial charge on any atom is -0.465 e. The Bertz CT molecular complexity index is 724. The molecule has 0 saturated heterocycles. The molecule has 0 aliphatic carbocycles. The van der Waals surface area contributed by atoms with Gasteiger partial charge in [0.25, 0.3) is 5.91 Å². The molecule has 27 heavy (non-hydrogen) atoms. The summed E-state index contributed by atoms with van der Waals surface area (Å²) >= 11 is 0. The first kappa shape index (κ1) is 20.7. The summed E-state index contributed by atoms with van der Waals surface area (Å²) in [5.74, 6) is -0.453. The predicted octanol–water partition coefficient (Wildman–Crippen LogP) is 2.73. The number of hydrogen-bond acceptors (Lipinski definition) is 5. The lowest BCUT2D eigenvalue weighted by atomic mass is 9.96. The van der Waals surface area contributed by atoms with Gasteiger partial charge in [0.1, 0.15) is 5.60 Å². The molecule has 0 bridgehead atoms. The lowest BCUT2D eigenvalue weighted by Gasteiger charge is -2.30. The monoisotopic (exact) mass is 376 g/mol. The van der Waals surface area contributed by atoms with Crippen LogP contribution in [0.1, 0.15) is 53.5 Å². The van der Waals surface area contributed by atoms with Gasteiger partial charge in [-0.2, -0.15) is 0 Å². The van der Waals surface area contributed by atoms with Crippen LogP contribution >= 0.6 is 0 Å². The van der Waals surface area contributed by atoms with Gasteiger partial charge in [0.15, 0.2) is 0 Å². The Kier molecular flexibility index (Phi) is 6.46. The summed E-state index contributed by atoms with van der Waals surface area (Å²) < 4.78 is 10.0. The fourth-order valence-corrected chi connectivity index (χ4v) is 2.92. The number of amides is 2. The first-order valence-corrected chi connectivity index (χ1v) is 9.07. The van der Waals surface area contributed by atoms with Gasteiger partial charge in [0, 0.05) is 32.2 Å². The molecule has 0 fully saturated rings. The number of esters is 1. The van der Waals surface area contributed by atoms with Crippen molar-refractivity contribution in [2.24, 2.45) is 0 Å². The quantitative estimate of drug-likeness (QED) is 0.739. The number of carbonyl (C=O) groups is 3. The molecule has 0 spiro atoms. The Morgan fingerprint density at radius 1 is 1.26 bits per heavy atom. The average Bonchev–Trinajstić information content (AvgIpc) is 2.61. The van der Waals surface area contributed by atoms with Crippen molar-refractivity contribution in [2.75, 3.05) is 33.8 Å². The van der Waals surface area contributed by atoms with E-state index >= 15 is 0 Å². The van der Waals surface area contributed by atoms with E-state index in [1.165, 1.54) is 12.0 Å². The number of hydrogen-bond donors (Lipinski definition) is 0. The fraction of sp³-hybridized carbons (Fsp3) is 0.550. The van der Waals surface area contributed by atoms with E-state index in [4.69, 9.17) is 9.47 Å². The molecule has 0 unspecified atom stereocenters. The Hall–Kier alpha value is -2.57. The van der Waals surface area contributed by atoms with Crippen LogP contribution in [-0.2, 0) is 15.9 Å². The third-order valence-corrected chi connectivity index (χ3v) is 4.32. The van der Waals surface area contributed by atoms with Gasteiger partial charge in [-0.05, 0) is 57.4 Å². The van der Waals surface area contributed by atoms with E-state index in [1.54, 1.807) is 30.1 Å². The van der Waals surface area contributed by atoms with Crippen molar-refractivity contribution in [1.82, 2.24) is 9.80 Å². The van der Waals surface area contributed by atoms with Crippen molar-refractivity contribution in [3.05, 3.63) is 34.9 Å². The first-order chi connectivity index (χ1) is 12.6. The molecule has 0 radical (unpaired) electrons. The van der Waals surface area contributed by atoms with Crippen LogP contribution < -0.4 is 0 Å². The number of rotatable bonds is 5. The summed E-state index contributed by atoms with van der Waals surface area (Å²) in [6, 6.07) is 5.03. The molecule has 1 aliphatic heterocycles. The molecule has 2 rings (SSSR count). The molecule has 1 heterocycles. The molecule has 2 amide bonds. The van der Waals surface area contributed by atoms with Crippen LogP contribution in [0.5, 0.6) is 0 Å². The highest BCUT2D eigenvalue weighted by Gasteiger charge is 2.25. The van der Waals surface area contributed by atoms with Crippen LogP contribution in [0.3, 0.4) is 0 Å². The van der Waals surface area contributed by atoms with E-state index in [0.717, 1.165) is 5.56 Å². The van der Waals surface area contributed by atoms with Gasteiger partial charge in [0.05, 0.1) is 12.7 Å². The maximum absolute atomic E-state index is 12.7. The standard InChI is InChI=1S/C20H28N2O5/c1-20(2,3)27-19(25)21(4)10-6-11-22-12-9-14-13-15(18(24)26-5)7-8-16(14)17(22)23/h7-8,13H,6,9-12H2,1-5H3. The lowest BCUT2D eigenvalue weighted by Crippen LogP contribution is -2.40. The summed E-state index contributed by atoms with van der Waals surface area (Å²) in [6.45, 7) is 7.14. The van der Waals surface area contributed by atoms with Crippen LogP contribution in [-0.4, -0.2) is 67.2 Å². The molecular weight excluding hydrogens is 348 g/mol. The molecule has 148 valence electrons. The topological polar surface area (TPSA) is 76.2 Å². The van der Waals surface area contributed by atoms with Gasteiger partial charge in [-0.25, -0.2) is 9.59 Å². The van der Waals surface area contributed by atoms with Crippen molar-refractivity contribution >= 4 is 18.0 Å². The maximum atomic E-state index is 12.7. The van der Waals surface area contributed by atoms with Gasteiger partial charge in [-0.3, -0.25) is 4.79 Å². The van der Waals surface area contributed by atoms with E-state index in [9.17, 15) is 14.4 Å². The third-order valence-electron chi connectivity index (χ3n) is 4.32. The van der Waals surface area contributed by atoms with Crippen molar-refractivity contribution in [2.45, 2.75) is 39.2 Å². The molecule has 7 heteroatoms. The minimum atomic E-state index is -0.527. The molecule has 7 nitrogen and oxygen atoms in total. The second kappa shape index (κ2) is 8.41. The molecule has 1 aliphatic rings. The van der Waals surface area contributed by atoms with Crippen LogP contribution in [0.15, 0.2) is 18.2 Å². The fourth-order valence-electron chi connectivity index (χ4n) is 2.92. The van der Waals surface area contributed by atoms with Gasteiger partial charge >= 0.3 is 12.1 Å². The van der Waals surface area contributed by atoms with Gasteiger partial charge < -0.3 is 19.3 Å². The highest BCUT2D eigenvalue weighted by molar-refractivity contribution is 5.98. The third kappa shape index (κ3) is 5.45. The molecule has 0 saturated carbocycles. The zero-order chi connectivity index (χ0) is 20.2. The van der Waals surface area contributed by atoms with Crippen molar-refractivity contribution in [3.63, 3.8) is 0 Å². The maximum Gasteiger partial charge on any atom is 0.410 e. The molecule has 1 aromatic rings. The highest BCUT2D eigenvalue weighted by atomic mass is 16.6. The smallest absolute Gasteiger partial charge is 0.410 e. The number of nitrogens with zero attached hydrogens (tertiary/aromatic N) is 2. The van der Waals surface area contributed by atoms with E-state index < -0.39 is 11.6 Å². The van der Waals surface area contributed by atoms with Crippen LogP contribution in [0.2, 0.25) is 0 Å². The Balaban J connectivity index is 1.90. The van der Waals surface area contributed by atoms with Crippen molar-refractivity contribution in [3.8, 4) is 0 Å². The van der Waals surface area contributed by atoms with Crippen LogP contribution in [0.4, 0.5) is 4.79 Å². The SMILES string of the molecule is COC(=O)c1ccc2c(c1)CCN(CCCN(C)C(=O)OC(C)(C)C)C2=O. The Morgan fingerprint density at radius 2 is 1.96 bits per heavy atom. The van der Waals surface area contributed by atoms with E-state index in [1.807, 2.05) is 20.8 Å². The van der Waals surface area contributed by atoms with Gasteiger partial charge in [-0.1, -0.05) is 0 Å². The summed E-state index contributed by atoms with van der Waals surface area (Å²) in [7, 11) is 3.03. The van der Waals surface area contributed by atoms with E-state index in [2.05, 4.69) is 0 Å². The summed E-state index contributed by atoms with van der Waals surface area (Å²) in [5, 5.41) is 0. The number of carbonyl (C=O) groups excluding carboxylic acids is 3. The normalized spacial score (nSPS) is 13.8. The zero-order valence-electron chi connectivity index (χ0n) is 16.7. The van der Waals surface area contributed by atoms with Crippen molar-refractivity contribution in [1.29, 1.82) is 0 Å². The molecule has 1 aromatic carbocycles. The van der Waals surface area contributed by atoms with Crippen LogP contribution in [0, 0.1) is 0 Å². The first-order valence-electron chi connectivity index (χ1n) is 9.07. The number of benzene rings is 1. The van der Waals surface area contributed by atoms with Crippen LogP contribution in [0.25, 0.3) is 0 Å². The van der Waals surface area contributed by atoms with E-state index in [-0.39, 0.29) is 12.0 Å². The zero-order valence-corrected chi connectivity index (χ0v) is 16.7. The number of methoxy groups -OCH3 is 1. The Labute approximate surface area is 160 Å². The van der Waals surface area contributed by atoms with Crippen molar-refractivity contribution < 1.29 is 23.9 Å². The molecule has 0 N–H and O–H groups in total. The minimum absolute atomic E-state index is 0.0485. The number of fused-ring (bicyclic) bond motifs is 1. The predicted molar refractivity (Wildman–Crippen MR) is 101 cm³/mol. The largest absolute Gasteiger partial charge is 0.465 e. The second-order valence-electron chi connectivity index (χ2n) is 7.66. The molecule has 0 aromatic heterocycles. The summed E-state index contributed by atoms with van der Waals surface area (Å²) in [5.41, 5.74) is 1.41. The molecular formula is C20H28N2O5. The summed E-state index contributed by atoms with van der Waals surface area (Å²) in [6.07, 6.45) is 0.985. The number of ether oxygens (including phenoxy) is 2. The highest BCUT2D eigenvalue weighted by Crippen LogP contribution is 2.21. The lowest BCUT2D eigenvalue weighted by molar-refractivity contribution is 0.0293. The Morgan fingerprint density at radius 3 is 2.59 bits per heavy atom. The van der Waals surface area contributed by atoms with E-state index in [0.29, 0.717) is 43.6 Å².